The number of nitrogens with zero attached hydrogens (tertiary/aromatic N) is 1. The zero-order valence-corrected chi connectivity index (χ0v) is 33.3. The molecule has 6 N–H and O–H groups in total. The van der Waals surface area contributed by atoms with Gasteiger partial charge in [0.25, 0.3) is 0 Å². The van der Waals surface area contributed by atoms with Gasteiger partial charge < -0.3 is 30.7 Å². The van der Waals surface area contributed by atoms with Crippen LogP contribution in [0.25, 0.3) is 5.57 Å². The number of rotatable bonds is 14. The maximum atomic E-state index is 13.6. The van der Waals surface area contributed by atoms with Gasteiger partial charge in [-0.2, -0.15) is 0 Å². The Labute approximate surface area is 333 Å². The van der Waals surface area contributed by atoms with Crippen LogP contribution in [0.4, 0.5) is 5.69 Å². The molecule has 2 fully saturated rings. The lowest BCUT2D eigenvalue weighted by atomic mass is 9.74. The molecule has 2 saturated heterocycles. The van der Waals surface area contributed by atoms with Crippen molar-refractivity contribution in [3.05, 3.63) is 80.6 Å². The van der Waals surface area contributed by atoms with E-state index in [2.05, 4.69) is 27.1 Å². The molecule has 2 aromatic rings. The van der Waals surface area contributed by atoms with Gasteiger partial charge in [0.2, 0.25) is 21.8 Å². The smallest absolute Gasteiger partial charge is 0.303 e. The normalized spacial score (nSPS) is 21.3. The highest BCUT2D eigenvalue weighted by Gasteiger charge is 2.44. The Morgan fingerprint density at radius 1 is 0.965 bits per heavy atom. The molecule has 6 aliphatic rings. The number of nitrogens with two attached hydrogens (primary N) is 1. The molecule has 14 heteroatoms. The number of carbonyl (C=O) groups is 4. The molecule has 5 aliphatic heterocycles. The largest absolute Gasteiger partial charge is 0.481 e. The lowest BCUT2D eigenvalue weighted by molar-refractivity contribution is -0.922. The van der Waals surface area contributed by atoms with Crippen LogP contribution in [-0.4, -0.2) is 81.9 Å². The molecule has 0 spiro atoms. The van der Waals surface area contributed by atoms with Gasteiger partial charge in [-0.15, -0.1) is 0 Å². The molecule has 2 aromatic carbocycles. The molecule has 302 valence electrons. The predicted octanol–water partition coefficient (Wildman–Crippen LogP) is 2.78. The maximum Gasteiger partial charge on any atom is 0.303 e. The number of nitrogens with one attached hydrogen (secondary N) is 3. The number of carboxylic acids is 1. The van der Waals surface area contributed by atoms with E-state index in [4.69, 9.17) is 15.6 Å². The first kappa shape index (κ1) is 39.1. The molecular weight excluding hydrogens is 747 g/mol. The number of Topliss-reactive ketones (excluding diaryl/α,β-unsaturated/α-hetero) is 1. The third-order valence-electron chi connectivity index (χ3n) is 12.5. The fraction of sp³-hybridized carbons (Fsp3) is 0.488. The van der Waals surface area contributed by atoms with Crippen molar-refractivity contribution >= 4 is 44.9 Å². The van der Waals surface area contributed by atoms with Crippen LogP contribution in [0.2, 0.25) is 0 Å². The lowest BCUT2D eigenvalue weighted by Crippen LogP contribution is -3.18. The number of anilines is 1. The number of sulfonamides is 1. The van der Waals surface area contributed by atoms with Crippen LogP contribution < -0.4 is 30.3 Å². The van der Waals surface area contributed by atoms with Gasteiger partial charge in [0.05, 0.1) is 30.4 Å². The molecule has 0 bridgehead atoms. The molecule has 0 aromatic heterocycles. The Kier molecular flexibility index (Phi) is 10.9. The minimum atomic E-state index is -4.04. The first-order valence-electron chi connectivity index (χ1n) is 20.5. The average Bonchev–Trinajstić information content (AvgIpc) is 3.18. The Bertz CT molecular complexity index is 2260. The summed E-state index contributed by atoms with van der Waals surface area (Å²) in [6, 6.07) is 6.81. The number of hydrogen-bond acceptors (Lipinski definition) is 8. The summed E-state index contributed by atoms with van der Waals surface area (Å²) in [7, 11) is -4.04. The number of aliphatic carboxylic acids is 1. The number of quaternary nitrogens is 1. The van der Waals surface area contributed by atoms with E-state index in [0.717, 1.165) is 104 Å². The van der Waals surface area contributed by atoms with E-state index in [-0.39, 0.29) is 37.1 Å². The maximum absolute atomic E-state index is 13.6. The summed E-state index contributed by atoms with van der Waals surface area (Å²) in [4.78, 5) is 51.9. The lowest BCUT2D eigenvalue weighted by Gasteiger charge is -2.44. The van der Waals surface area contributed by atoms with E-state index in [1.54, 1.807) is 17.0 Å². The van der Waals surface area contributed by atoms with Crippen molar-refractivity contribution in [2.75, 3.05) is 37.6 Å². The molecule has 3 unspecified atom stereocenters. The molecule has 8 rings (SSSR count). The first-order chi connectivity index (χ1) is 27.4. The summed E-state index contributed by atoms with van der Waals surface area (Å²) in [6.07, 6.45) is 9.63. The van der Waals surface area contributed by atoms with Crippen molar-refractivity contribution in [3.8, 4) is 5.75 Å². The summed E-state index contributed by atoms with van der Waals surface area (Å²) in [5.41, 5.74) is 17.1. The summed E-state index contributed by atoms with van der Waals surface area (Å²) in [5, 5.41) is 11.5. The number of primary amides is 1. The van der Waals surface area contributed by atoms with Crippen LogP contribution in [0, 0.1) is 6.92 Å². The minimum Gasteiger partial charge on any atom is -0.481 e. The first-order valence-corrected chi connectivity index (χ1v) is 22.0. The van der Waals surface area contributed by atoms with E-state index in [9.17, 15) is 27.6 Å². The molecule has 0 saturated carbocycles. The van der Waals surface area contributed by atoms with Crippen LogP contribution >= 0.6 is 0 Å². The summed E-state index contributed by atoms with van der Waals surface area (Å²) in [5.74, 6) is -1.04. The number of amides is 2. The van der Waals surface area contributed by atoms with E-state index < -0.39 is 46.1 Å². The molecule has 0 radical (unpaired) electrons. The Morgan fingerprint density at radius 2 is 1.74 bits per heavy atom. The van der Waals surface area contributed by atoms with Crippen molar-refractivity contribution < 1.29 is 42.3 Å². The topological polar surface area (TPSA) is 190 Å². The number of ether oxygens (including phenoxy) is 1. The molecule has 13 nitrogen and oxygen atoms in total. The number of aryl methyl sites for hydroxylation is 2. The number of carboxylic acid groups (broad SMARTS) is 1. The van der Waals surface area contributed by atoms with Crippen LogP contribution in [0.1, 0.15) is 98.4 Å². The van der Waals surface area contributed by atoms with Gasteiger partial charge in [-0.25, -0.2) is 13.1 Å². The fourth-order valence-corrected chi connectivity index (χ4v) is 11.1. The standard InChI is InChI=1S/C43H51N5O8S/c1-25-22-28(57(54,55)45-17-16-37(51)46-34(12-14-36(44)50)35(49)13-15-38(52)53)10-11-29(25)39-32-23-26-6-2-18-47-20-4-8-30(40(26)47)42(32)56-43-31-9-5-21-48-19-3-7-27(41(31)48)24-33(39)43/h10-11,22-24,34,40,45H,2-9,12-21H2,1H3,(H2,44,50)(H,46,51)(H,52,53)/p+1. The van der Waals surface area contributed by atoms with Crippen LogP contribution in [-0.2, 0) is 42.0 Å². The number of carbonyl (C=O) groups excluding carboxylic acids is 3. The van der Waals surface area contributed by atoms with E-state index in [1.807, 2.05) is 13.0 Å². The molecule has 3 atom stereocenters. The molecule has 2 amide bonds. The second-order valence-electron chi connectivity index (χ2n) is 16.3. The van der Waals surface area contributed by atoms with Crippen molar-refractivity contribution in [1.82, 2.24) is 10.0 Å². The second kappa shape index (κ2) is 15.9. The van der Waals surface area contributed by atoms with Gasteiger partial charge in [0.1, 0.15) is 17.6 Å². The monoisotopic (exact) mass is 798 g/mol. The van der Waals surface area contributed by atoms with Gasteiger partial charge in [0, 0.05) is 85.3 Å². The Morgan fingerprint density at radius 3 is 2.49 bits per heavy atom. The third-order valence-corrected chi connectivity index (χ3v) is 14.0. The van der Waals surface area contributed by atoms with Crippen molar-refractivity contribution in [2.24, 2.45) is 5.73 Å². The van der Waals surface area contributed by atoms with Crippen LogP contribution in [0.15, 0.2) is 57.7 Å². The number of allylic oxidation sites excluding steroid dienone is 1. The van der Waals surface area contributed by atoms with Gasteiger partial charge in [0.15, 0.2) is 5.78 Å². The SMILES string of the molecule is Cc1cc(S(=O)(=O)NCCC(=O)NC(CCC(N)=O)C(=O)CCC(=O)O)ccc1C1=C2C=C3CCC[NH+]4CCCC(=C2Oc2c1cc1c5c2CCCN5CCC1)C34. The number of fused-ring (bicyclic) bond motifs is 3. The van der Waals surface area contributed by atoms with Crippen LogP contribution in [0.3, 0.4) is 0 Å². The zero-order valence-electron chi connectivity index (χ0n) is 32.5. The van der Waals surface area contributed by atoms with E-state index in [0.29, 0.717) is 6.04 Å². The number of ketones is 1. The van der Waals surface area contributed by atoms with E-state index in [1.165, 1.54) is 41.1 Å². The number of benzene rings is 2. The summed E-state index contributed by atoms with van der Waals surface area (Å²) in [6.45, 7) is 6.18. The van der Waals surface area contributed by atoms with E-state index >= 15 is 0 Å². The second-order valence-corrected chi connectivity index (χ2v) is 18.1. The van der Waals surface area contributed by atoms with Crippen molar-refractivity contribution in [3.63, 3.8) is 0 Å². The Hall–Kier alpha value is -4.79. The van der Waals surface area contributed by atoms with Crippen molar-refractivity contribution in [1.29, 1.82) is 0 Å². The zero-order chi connectivity index (χ0) is 40.0. The number of hydrogen-bond donors (Lipinski definition) is 5. The molecule has 1 aliphatic carbocycles. The number of piperidine rings is 2. The highest BCUT2D eigenvalue weighted by molar-refractivity contribution is 7.89. The molecule has 57 heavy (non-hydrogen) atoms. The average molecular weight is 799 g/mol. The predicted molar refractivity (Wildman–Crippen MR) is 213 cm³/mol. The van der Waals surface area contributed by atoms with Gasteiger partial charge in [-0.3, -0.25) is 19.2 Å². The quantitative estimate of drug-likeness (QED) is 0.192. The van der Waals surface area contributed by atoms with Gasteiger partial charge in [-0.05, 0) is 98.4 Å². The highest BCUT2D eigenvalue weighted by Crippen LogP contribution is 2.53. The van der Waals surface area contributed by atoms with Crippen LogP contribution in [0.5, 0.6) is 5.75 Å². The third kappa shape index (κ3) is 7.66. The van der Waals surface area contributed by atoms with Gasteiger partial charge >= 0.3 is 5.97 Å². The van der Waals surface area contributed by atoms with Gasteiger partial charge in [-0.1, -0.05) is 6.07 Å². The van der Waals surface area contributed by atoms with Crippen molar-refractivity contribution in [2.45, 2.75) is 107 Å². The minimum absolute atomic E-state index is 0.0702. The molecular formula is C43H52N5O8S+. The highest BCUT2D eigenvalue weighted by atomic mass is 32.2. The Balaban J connectivity index is 1.08. The summed E-state index contributed by atoms with van der Waals surface area (Å²) >= 11 is 0. The molecule has 5 heterocycles. The summed E-state index contributed by atoms with van der Waals surface area (Å²) < 4.78 is 37.0. The fourth-order valence-electron chi connectivity index (χ4n) is 10.00.